The van der Waals surface area contributed by atoms with Crippen LogP contribution < -0.4 is 5.32 Å². The summed E-state index contributed by atoms with van der Waals surface area (Å²) in [5.74, 6) is -1.73. The Morgan fingerprint density at radius 1 is 1.12 bits per heavy atom. The second-order valence-corrected chi connectivity index (χ2v) is 6.36. The molecule has 0 aliphatic rings. The van der Waals surface area contributed by atoms with E-state index in [1.165, 1.54) is 30.6 Å². The number of methoxy groups -OCH3 is 1. The first-order valence-electron chi connectivity index (χ1n) is 7.86. The van der Waals surface area contributed by atoms with Crippen LogP contribution in [-0.4, -0.2) is 38.1 Å². The zero-order valence-corrected chi connectivity index (χ0v) is 14.9. The fourth-order valence-corrected chi connectivity index (χ4v) is 2.94. The standard InChI is InChI=1S/C18H18FNO5S/c1-24-17(22)3-2-10-20-16(21)11-25-18(23)15-9-8-14(26-15)12-4-6-13(19)7-5-12/h4-9H,2-3,10-11H2,1H3,(H,20,21). The van der Waals surface area contributed by atoms with Crippen molar-refractivity contribution >= 4 is 29.2 Å². The molecular formula is C18H18FNO5S. The van der Waals surface area contributed by atoms with Crippen molar-refractivity contribution in [3.05, 3.63) is 47.1 Å². The maximum Gasteiger partial charge on any atom is 0.348 e. The van der Waals surface area contributed by atoms with Crippen LogP contribution in [0, 0.1) is 5.82 Å². The number of esters is 2. The lowest BCUT2D eigenvalue weighted by atomic mass is 10.2. The minimum atomic E-state index is -0.604. The number of carbonyl (C=O) groups is 3. The molecule has 1 heterocycles. The molecule has 2 rings (SSSR count). The molecule has 0 unspecified atom stereocenters. The molecule has 0 atom stereocenters. The molecule has 1 N–H and O–H groups in total. The highest BCUT2D eigenvalue weighted by Gasteiger charge is 2.13. The van der Waals surface area contributed by atoms with E-state index in [0.717, 1.165) is 10.4 Å². The van der Waals surface area contributed by atoms with Gasteiger partial charge in [-0.3, -0.25) is 9.59 Å². The molecule has 6 nitrogen and oxygen atoms in total. The molecule has 1 amide bonds. The number of carbonyl (C=O) groups excluding carboxylic acids is 3. The number of thiophene rings is 1. The molecule has 0 spiro atoms. The summed E-state index contributed by atoms with van der Waals surface area (Å²) in [6.45, 7) is -0.111. The minimum absolute atomic E-state index is 0.206. The number of amides is 1. The Morgan fingerprint density at radius 3 is 2.54 bits per heavy atom. The van der Waals surface area contributed by atoms with Gasteiger partial charge in [0.25, 0.3) is 5.91 Å². The Morgan fingerprint density at radius 2 is 1.85 bits per heavy atom. The molecule has 0 fully saturated rings. The summed E-state index contributed by atoms with van der Waals surface area (Å²) in [4.78, 5) is 35.7. The third kappa shape index (κ3) is 5.96. The van der Waals surface area contributed by atoms with Crippen molar-refractivity contribution in [1.29, 1.82) is 0 Å². The van der Waals surface area contributed by atoms with Gasteiger partial charge in [0.05, 0.1) is 7.11 Å². The highest BCUT2D eigenvalue weighted by atomic mass is 32.1. The van der Waals surface area contributed by atoms with Crippen molar-refractivity contribution in [1.82, 2.24) is 5.32 Å². The predicted octanol–water partition coefficient (Wildman–Crippen LogP) is 2.78. The fourth-order valence-electron chi connectivity index (χ4n) is 2.03. The zero-order valence-electron chi connectivity index (χ0n) is 14.1. The van der Waals surface area contributed by atoms with Crippen molar-refractivity contribution in [2.24, 2.45) is 0 Å². The van der Waals surface area contributed by atoms with E-state index in [2.05, 4.69) is 10.1 Å². The number of ether oxygens (including phenoxy) is 2. The zero-order chi connectivity index (χ0) is 18.9. The Labute approximate surface area is 153 Å². The Bertz CT molecular complexity index is 772. The second kappa shape index (κ2) is 9.67. The number of hydrogen-bond acceptors (Lipinski definition) is 6. The van der Waals surface area contributed by atoms with Gasteiger partial charge < -0.3 is 14.8 Å². The third-order valence-corrected chi connectivity index (χ3v) is 4.49. The quantitative estimate of drug-likeness (QED) is 0.563. The van der Waals surface area contributed by atoms with E-state index >= 15 is 0 Å². The summed E-state index contributed by atoms with van der Waals surface area (Å²) in [7, 11) is 1.30. The molecule has 1 aromatic carbocycles. The molecule has 0 saturated carbocycles. The fraction of sp³-hybridized carbons (Fsp3) is 0.278. The normalized spacial score (nSPS) is 10.2. The SMILES string of the molecule is COC(=O)CCCNC(=O)COC(=O)c1ccc(-c2ccc(F)cc2)s1. The smallest absolute Gasteiger partial charge is 0.348 e. The van der Waals surface area contributed by atoms with Crippen molar-refractivity contribution in [3.63, 3.8) is 0 Å². The first-order valence-corrected chi connectivity index (χ1v) is 8.67. The van der Waals surface area contributed by atoms with Crippen molar-refractivity contribution in [2.45, 2.75) is 12.8 Å². The van der Waals surface area contributed by atoms with Gasteiger partial charge in [-0.25, -0.2) is 9.18 Å². The maximum atomic E-state index is 12.9. The number of hydrogen-bond donors (Lipinski definition) is 1. The maximum absolute atomic E-state index is 12.9. The van der Waals surface area contributed by atoms with E-state index in [9.17, 15) is 18.8 Å². The molecule has 138 valence electrons. The monoisotopic (exact) mass is 379 g/mol. The second-order valence-electron chi connectivity index (χ2n) is 5.28. The van der Waals surface area contributed by atoms with Crippen LogP contribution in [0.25, 0.3) is 10.4 Å². The van der Waals surface area contributed by atoms with Crippen LogP contribution in [-0.2, 0) is 19.1 Å². The van der Waals surface area contributed by atoms with Gasteiger partial charge >= 0.3 is 11.9 Å². The summed E-state index contributed by atoms with van der Waals surface area (Å²) in [6, 6.07) is 9.27. The van der Waals surface area contributed by atoms with Crippen LogP contribution in [0.1, 0.15) is 22.5 Å². The minimum Gasteiger partial charge on any atom is -0.469 e. The highest BCUT2D eigenvalue weighted by Crippen LogP contribution is 2.28. The van der Waals surface area contributed by atoms with Crippen molar-refractivity contribution in [2.75, 3.05) is 20.3 Å². The van der Waals surface area contributed by atoms with E-state index in [4.69, 9.17) is 4.74 Å². The number of halogens is 1. The third-order valence-electron chi connectivity index (χ3n) is 3.38. The van der Waals surface area contributed by atoms with Crippen LogP contribution in [0.5, 0.6) is 0 Å². The topological polar surface area (TPSA) is 81.7 Å². The van der Waals surface area contributed by atoms with E-state index in [1.807, 2.05) is 0 Å². The molecule has 0 bridgehead atoms. The van der Waals surface area contributed by atoms with Crippen LogP contribution in [0.15, 0.2) is 36.4 Å². The molecule has 8 heteroatoms. The summed E-state index contributed by atoms with van der Waals surface area (Å²) in [5, 5.41) is 2.55. The Hall–Kier alpha value is -2.74. The van der Waals surface area contributed by atoms with E-state index in [-0.39, 0.29) is 18.2 Å². The van der Waals surface area contributed by atoms with Gasteiger partial charge in [0.15, 0.2) is 6.61 Å². The van der Waals surface area contributed by atoms with Gasteiger partial charge in [-0.05, 0) is 36.2 Å². The lowest BCUT2D eigenvalue weighted by molar-refractivity contribution is -0.140. The van der Waals surface area contributed by atoms with E-state index in [1.54, 1.807) is 24.3 Å². The molecule has 0 radical (unpaired) electrons. The molecule has 1 aromatic heterocycles. The average molecular weight is 379 g/mol. The van der Waals surface area contributed by atoms with Gasteiger partial charge in [-0.1, -0.05) is 12.1 Å². The first kappa shape index (κ1) is 19.6. The highest BCUT2D eigenvalue weighted by molar-refractivity contribution is 7.17. The van der Waals surface area contributed by atoms with Gasteiger partial charge in [0.1, 0.15) is 10.7 Å². The van der Waals surface area contributed by atoms with Crippen molar-refractivity contribution in [3.8, 4) is 10.4 Å². The average Bonchev–Trinajstić information content (AvgIpc) is 3.13. The molecule has 0 aliphatic heterocycles. The lowest BCUT2D eigenvalue weighted by Gasteiger charge is -2.05. The van der Waals surface area contributed by atoms with Crippen LogP contribution >= 0.6 is 11.3 Å². The Balaban J connectivity index is 1.77. The molecule has 0 aliphatic carbocycles. The number of benzene rings is 1. The number of rotatable bonds is 8. The molecule has 2 aromatic rings. The predicted molar refractivity (Wildman–Crippen MR) is 94.3 cm³/mol. The molecule has 0 saturated heterocycles. The van der Waals surface area contributed by atoms with Crippen LogP contribution in [0.2, 0.25) is 0 Å². The van der Waals surface area contributed by atoms with Crippen LogP contribution in [0.3, 0.4) is 0 Å². The summed E-state index contributed by atoms with van der Waals surface area (Å²) < 4.78 is 22.4. The largest absolute Gasteiger partial charge is 0.469 e. The van der Waals surface area contributed by atoms with E-state index < -0.39 is 18.5 Å². The summed E-state index contributed by atoms with van der Waals surface area (Å²) in [5.41, 5.74) is 0.791. The van der Waals surface area contributed by atoms with Gasteiger partial charge in [0, 0.05) is 17.8 Å². The lowest BCUT2D eigenvalue weighted by Crippen LogP contribution is -2.29. The number of nitrogens with one attached hydrogen (secondary N) is 1. The molecule has 26 heavy (non-hydrogen) atoms. The summed E-state index contributed by atoms with van der Waals surface area (Å²) >= 11 is 1.20. The summed E-state index contributed by atoms with van der Waals surface area (Å²) in [6.07, 6.45) is 0.649. The van der Waals surface area contributed by atoms with E-state index in [0.29, 0.717) is 17.8 Å². The van der Waals surface area contributed by atoms with Gasteiger partial charge in [0.2, 0.25) is 0 Å². The Kier molecular flexibility index (Phi) is 7.28. The molecular weight excluding hydrogens is 361 g/mol. The van der Waals surface area contributed by atoms with Crippen molar-refractivity contribution < 1.29 is 28.2 Å². The van der Waals surface area contributed by atoms with Gasteiger partial charge in [-0.15, -0.1) is 11.3 Å². The van der Waals surface area contributed by atoms with Crippen LogP contribution in [0.4, 0.5) is 4.39 Å². The first-order chi connectivity index (χ1) is 12.5. The van der Waals surface area contributed by atoms with Gasteiger partial charge in [-0.2, -0.15) is 0 Å².